The quantitative estimate of drug-likeness (QED) is 0.846. The predicted octanol–water partition coefficient (Wildman–Crippen LogP) is 2.67. The molecule has 0 bridgehead atoms. The van der Waals surface area contributed by atoms with Gasteiger partial charge in [0.15, 0.2) is 0 Å². The van der Waals surface area contributed by atoms with Crippen LogP contribution in [-0.4, -0.2) is 8.42 Å². The highest BCUT2D eigenvalue weighted by Gasteiger charge is 2.13. The minimum Gasteiger partial charge on any atom is -0.362 e. The topological polar surface area (TPSA) is 52.6 Å². The zero-order valence-corrected chi connectivity index (χ0v) is 10.6. The number of hydrogen-bond acceptors (Lipinski definition) is 4. The largest absolute Gasteiger partial charge is 0.449 e. The average Bonchev–Trinajstić information content (AvgIpc) is 2.37. The minimum absolute atomic E-state index is 0.154. The summed E-state index contributed by atoms with van der Waals surface area (Å²) in [4.78, 5) is 0. The van der Waals surface area contributed by atoms with Crippen LogP contribution in [0.5, 0.6) is 5.75 Å². The lowest BCUT2D eigenvalue weighted by Crippen LogP contribution is -2.13. The highest BCUT2D eigenvalue weighted by molar-refractivity contribution is 7.82. The molecule has 0 heterocycles. The van der Waals surface area contributed by atoms with Crippen LogP contribution in [0, 0.1) is 5.82 Å². The van der Waals surface area contributed by atoms with Crippen molar-refractivity contribution in [1.29, 1.82) is 0 Å². The number of para-hydroxylation sites is 1. The second kappa shape index (κ2) is 5.81. The van der Waals surface area contributed by atoms with E-state index in [9.17, 15) is 12.8 Å². The molecule has 0 aliphatic heterocycles. The summed E-state index contributed by atoms with van der Waals surface area (Å²) in [6.45, 7) is -0.285. The molecule has 2 aromatic rings. The van der Waals surface area contributed by atoms with Crippen molar-refractivity contribution < 1.29 is 21.2 Å². The molecule has 6 heteroatoms. The van der Waals surface area contributed by atoms with Crippen LogP contribution in [0.2, 0.25) is 0 Å². The Morgan fingerprint density at radius 2 is 1.74 bits per heavy atom. The van der Waals surface area contributed by atoms with Gasteiger partial charge in [-0.15, -0.1) is 0 Å². The summed E-state index contributed by atoms with van der Waals surface area (Å²) in [5.74, 6) is -0.302. The number of benzene rings is 2. The second-order valence-electron chi connectivity index (χ2n) is 3.70. The Balaban J connectivity index is 1.98. The molecule has 0 fully saturated rings. The average molecular weight is 282 g/mol. The Morgan fingerprint density at radius 3 is 2.42 bits per heavy atom. The molecule has 4 nitrogen and oxygen atoms in total. The van der Waals surface area contributed by atoms with Gasteiger partial charge in [-0.25, -0.2) is 8.57 Å². The summed E-state index contributed by atoms with van der Waals surface area (Å²) >= 11 is 0. The Labute approximate surface area is 110 Å². The van der Waals surface area contributed by atoms with E-state index in [0.29, 0.717) is 5.56 Å². The van der Waals surface area contributed by atoms with Crippen molar-refractivity contribution in [1.82, 2.24) is 0 Å². The van der Waals surface area contributed by atoms with E-state index >= 15 is 0 Å². The molecular formula is C13H11FO4S. The molecule has 0 saturated heterocycles. The standard InChI is InChI=1S/C13H11FO4S/c14-12-6-4-5-11(9-12)10-17-19(15,16)18-13-7-2-1-3-8-13/h1-9H,10H2. The van der Waals surface area contributed by atoms with E-state index in [1.807, 2.05) is 0 Å². The molecule has 0 spiro atoms. The zero-order valence-electron chi connectivity index (χ0n) is 9.82. The maximum Gasteiger partial charge on any atom is 0.449 e. The summed E-state index contributed by atoms with van der Waals surface area (Å²) in [7, 11) is -4.17. The van der Waals surface area contributed by atoms with Crippen LogP contribution in [0.3, 0.4) is 0 Å². The molecule has 100 valence electrons. The lowest BCUT2D eigenvalue weighted by atomic mass is 10.2. The lowest BCUT2D eigenvalue weighted by Gasteiger charge is -2.06. The van der Waals surface area contributed by atoms with Crippen LogP contribution in [0.25, 0.3) is 0 Å². The van der Waals surface area contributed by atoms with Gasteiger partial charge in [-0.2, -0.15) is 8.42 Å². The highest BCUT2D eigenvalue weighted by Crippen LogP contribution is 2.14. The third-order valence-electron chi connectivity index (χ3n) is 2.20. The number of halogens is 1. The first-order valence-electron chi connectivity index (χ1n) is 5.43. The summed E-state index contributed by atoms with van der Waals surface area (Å²) in [5.41, 5.74) is 0.403. The maximum absolute atomic E-state index is 12.9. The van der Waals surface area contributed by atoms with Gasteiger partial charge >= 0.3 is 10.4 Å². The molecule has 0 N–H and O–H groups in total. The van der Waals surface area contributed by atoms with Crippen LogP contribution >= 0.6 is 0 Å². The zero-order chi connectivity index (χ0) is 13.7. The lowest BCUT2D eigenvalue weighted by molar-refractivity contribution is 0.264. The third kappa shape index (κ3) is 4.35. The van der Waals surface area contributed by atoms with E-state index < -0.39 is 16.2 Å². The second-order valence-corrected chi connectivity index (χ2v) is 4.92. The van der Waals surface area contributed by atoms with Crippen molar-refractivity contribution in [2.45, 2.75) is 6.61 Å². The van der Waals surface area contributed by atoms with Crippen molar-refractivity contribution in [3.05, 3.63) is 66.0 Å². The van der Waals surface area contributed by atoms with E-state index in [1.54, 1.807) is 24.3 Å². The Morgan fingerprint density at radius 1 is 1.00 bits per heavy atom. The fourth-order valence-corrected chi connectivity index (χ4v) is 2.06. The molecule has 0 aliphatic rings. The van der Waals surface area contributed by atoms with Gasteiger partial charge in [-0.1, -0.05) is 30.3 Å². The van der Waals surface area contributed by atoms with E-state index in [4.69, 9.17) is 4.18 Å². The molecule has 0 unspecified atom stereocenters. The Bertz CT molecular complexity index is 641. The van der Waals surface area contributed by atoms with Crippen molar-refractivity contribution in [3.8, 4) is 5.75 Å². The molecule has 2 aromatic carbocycles. The third-order valence-corrected chi connectivity index (χ3v) is 3.00. The fourth-order valence-electron chi connectivity index (χ4n) is 1.38. The van der Waals surface area contributed by atoms with Crippen LogP contribution < -0.4 is 4.18 Å². The first-order chi connectivity index (χ1) is 9.05. The minimum atomic E-state index is -4.17. The molecular weight excluding hydrogens is 271 g/mol. The highest BCUT2D eigenvalue weighted by atomic mass is 32.3. The van der Waals surface area contributed by atoms with Gasteiger partial charge in [-0.05, 0) is 29.8 Å². The number of rotatable bonds is 5. The van der Waals surface area contributed by atoms with Crippen LogP contribution in [0.4, 0.5) is 4.39 Å². The van der Waals surface area contributed by atoms with Gasteiger partial charge in [0.1, 0.15) is 11.6 Å². The summed E-state index contributed by atoms with van der Waals surface area (Å²) in [5, 5.41) is 0. The van der Waals surface area contributed by atoms with Gasteiger partial charge in [-0.3, -0.25) is 0 Å². The van der Waals surface area contributed by atoms with Crippen molar-refractivity contribution in [3.63, 3.8) is 0 Å². The van der Waals surface area contributed by atoms with Gasteiger partial charge in [0.2, 0.25) is 0 Å². The first kappa shape index (κ1) is 13.5. The van der Waals surface area contributed by atoms with Crippen molar-refractivity contribution in [2.75, 3.05) is 0 Å². The van der Waals surface area contributed by atoms with Crippen LogP contribution in [-0.2, 0) is 21.2 Å². The van der Waals surface area contributed by atoms with Crippen LogP contribution in [0.1, 0.15) is 5.56 Å². The molecule has 19 heavy (non-hydrogen) atoms. The van der Waals surface area contributed by atoms with Gasteiger partial charge in [0.05, 0.1) is 6.61 Å². The van der Waals surface area contributed by atoms with Crippen LogP contribution in [0.15, 0.2) is 54.6 Å². The Kier molecular flexibility index (Phi) is 4.13. The van der Waals surface area contributed by atoms with Gasteiger partial charge in [0.25, 0.3) is 0 Å². The van der Waals surface area contributed by atoms with E-state index in [1.165, 1.54) is 30.3 Å². The summed E-state index contributed by atoms with van der Waals surface area (Å²) < 4.78 is 45.3. The summed E-state index contributed by atoms with van der Waals surface area (Å²) in [6.07, 6.45) is 0. The number of hydrogen-bond donors (Lipinski definition) is 0. The normalized spacial score (nSPS) is 11.2. The monoisotopic (exact) mass is 282 g/mol. The maximum atomic E-state index is 12.9. The molecule has 0 atom stereocenters. The van der Waals surface area contributed by atoms with Crippen molar-refractivity contribution >= 4 is 10.4 Å². The van der Waals surface area contributed by atoms with Gasteiger partial charge < -0.3 is 4.18 Å². The first-order valence-corrected chi connectivity index (χ1v) is 6.77. The van der Waals surface area contributed by atoms with E-state index in [-0.39, 0.29) is 12.4 Å². The predicted molar refractivity (Wildman–Crippen MR) is 67.2 cm³/mol. The SMILES string of the molecule is O=S(=O)(OCc1cccc(F)c1)Oc1ccccc1. The van der Waals surface area contributed by atoms with E-state index in [2.05, 4.69) is 4.18 Å². The van der Waals surface area contributed by atoms with E-state index in [0.717, 1.165) is 0 Å². The van der Waals surface area contributed by atoms with Gasteiger partial charge in [0, 0.05) is 0 Å². The molecule has 2 rings (SSSR count). The molecule has 0 amide bonds. The Hall–Kier alpha value is -1.92. The van der Waals surface area contributed by atoms with Crippen molar-refractivity contribution in [2.24, 2.45) is 0 Å². The smallest absolute Gasteiger partial charge is 0.362 e. The molecule has 0 radical (unpaired) electrons. The molecule has 0 aromatic heterocycles. The fraction of sp³-hybridized carbons (Fsp3) is 0.0769. The molecule has 0 aliphatic carbocycles. The molecule has 0 saturated carbocycles. The summed E-state index contributed by atoms with van der Waals surface area (Å²) in [6, 6.07) is 13.5.